The third-order valence-electron chi connectivity index (χ3n) is 2.59. The summed E-state index contributed by atoms with van der Waals surface area (Å²) >= 11 is 0. The second-order valence-electron chi connectivity index (χ2n) is 3.87. The largest absolute Gasteiger partial charge is 0.385 e. The van der Waals surface area contributed by atoms with Crippen LogP contribution in [0.3, 0.4) is 0 Å². The summed E-state index contributed by atoms with van der Waals surface area (Å²) in [5.41, 5.74) is 0. The number of rotatable bonds is 4. The van der Waals surface area contributed by atoms with Gasteiger partial charge in [0.1, 0.15) is 0 Å². The van der Waals surface area contributed by atoms with Crippen molar-refractivity contribution in [1.82, 2.24) is 15.1 Å². The van der Waals surface area contributed by atoms with Gasteiger partial charge in [-0.15, -0.1) is 0 Å². The van der Waals surface area contributed by atoms with Gasteiger partial charge in [0.25, 0.3) is 0 Å². The number of amides is 2. The lowest BCUT2D eigenvalue weighted by Gasteiger charge is -2.32. The van der Waals surface area contributed by atoms with Gasteiger partial charge >= 0.3 is 6.03 Å². The Bertz CT molecular complexity index is 191. The molecule has 88 valence electrons. The number of piperazine rings is 1. The summed E-state index contributed by atoms with van der Waals surface area (Å²) in [6.45, 7) is 4.97. The van der Waals surface area contributed by atoms with E-state index >= 15 is 0 Å². The topological polar surface area (TPSA) is 44.8 Å². The highest BCUT2D eigenvalue weighted by atomic mass is 16.5. The van der Waals surface area contributed by atoms with Crippen LogP contribution in [0.15, 0.2) is 0 Å². The first-order valence-corrected chi connectivity index (χ1v) is 5.44. The first kappa shape index (κ1) is 12.3. The number of nitrogens with one attached hydrogen (secondary N) is 1. The highest BCUT2D eigenvalue weighted by Crippen LogP contribution is 1.98. The first-order valence-electron chi connectivity index (χ1n) is 5.44. The molecule has 0 radical (unpaired) electrons. The van der Waals surface area contributed by atoms with Crippen LogP contribution in [0.25, 0.3) is 0 Å². The van der Waals surface area contributed by atoms with Crippen molar-refractivity contribution in [2.45, 2.75) is 6.42 Å². The number of methoxy groups -OCH3 is 1. The smallest absolute Gasteiger partial charge is 0.317 e. The van der Waals surface area contributed by atoms with E-state index in [4.69, 9.17) is 4.74 Å². The van der Waals surface area contributed by atoms with Gasteiger partial charge in [-0.25, -0.2) is 4.79 Å². The number of likely N-dealkylation sites (N-methyl/N-ethyl adjacent to an activating group) is 1. The Hall–Kier alpha value is -0.810. The van der Waals surface area contributed by atoms with Crippen molar-refractivity contribution in [2.24, 2.45) is 0 Å². The fraction of sp³-hybridized carbons (Fsp3) is 0.900. The molecule has 1 saturated heterocycles. The summed E-state index contributed by atoms with van der Waals surface area (Å²) in [4.78, 5) is 15.7. The number of carbonyl (C=O) groups excluding carboxylic acids is 1. The summed E-state index contributed by atoms with van der Waals surface area (Å²) in [7, 11) is 3.75. The molecule has 0 aromatic rings. The van der Waals surface area contributed by atoms with Gasteiger partial charge in [0, 0.05) is 46.4 Å². The van der Waals surface area contributed by atoms with E-state index in [0.29, 0.717) is 13.2 Å². The van der Waals surface area contributed by atoms with E-state index < -0.39 is 0 Å². The van der Waals surface area contributed by atoms with Gasteiger partial charge in [0.05, 0.1) is 0 Å². The molecule has 1 N–H and O–H groups in total. The molecular weight excluding hydrogens is 194 g/mol. The monoisotopic (exact) mass is 215 g/mol. The molecule has 15 heavy (non-hydrogen) atoms. The molecule has 1 rings (SSSR count). The van der Waals surface area contributed by atoms with Gasteiger partial charge in [-0.1, -0.05) is 0 Å². The zero-order valence-corrected chi connectivity index (χ0v) is 9.66. The lowest BCUT2D eigenvalue weighted by molar-refractivity contribution is 0.152. The summed E-state index contributed by atoms with van der Waals surface area (Å²) in [5.74, 6) is 0. The third-order valence-corrected chi connectivity index (χ3v) is 2.59. The van der Waals surface area contributed by atoms with E-state index in [0.717, 1.165) is 32.6 Å². The molecule has 0 aliphatic carbocycles. The van der Waals surface area contributed by atoms with Gasteiger partial charge < -0.3 is 19.9 Å². The van der Waals surface area contributed by atoms with E-state index in [2.05, 4.69) is 17.3 Å². The number of carbonyl (C=O) groups is 1. The van der Waals surface area contributed by atoms with Crippen molar-refractivity contribution in [3.05, 3.63) is 0 Å². The minimum absolute atomic E-state index is 0.0548. The van der Waals surface area contributed by atoms with E-state index in [9.17, 15) is 4.79 Å². The Kier molecular flexibility index (Phi) is 5.42. The predicted molar refractivity (Wildman–Crippen MR) is 59.0 cm³/mol. The van der Waals surface area contributed by atoms with Crippen molar-refractivity contribution >= 4 is 6.03 Å². The molecular formula is C10H21N3O2. The van der Waals surface area contributed by atoms with Crippen molar-refractivity contribution < 1.29 is 9.53 Å². The summed E-state index contributed by atoms with van der Waals surface area (Å²) < 4.78 is 4.91. The van der Waals surface area contributed by atoms with Crippen molar-refractivity contribution in [3.8, 4) is 0 Å². The van der Waals surface area contributed by atoms with Crippen LogP contribution < -0.4 is 5.32 Å². The van der Waals surface area contributed by atoms with Crippen molar-refractivity contribution in [3.63, 3.8) is 0 Å². The summed E-state index contributed by atoms with van der Waals surface area (Å²) in [5, 5.41) is 2.89. The van der Waals surface area contributed by atoms with Crippen LogP contribution in [0.1, 0.15) is 6.42 Å². The predicted octanol–water partition coefficient (Wildman–Crippen LogP) is -0.0201. The molecule has 0 spiro atoms. The Morgan fingerprint density at radius 1 is 1.33 bits per heavy atom. The molecule has 1 aliphatic heterocycles. The molecule has 1 aliphatic rings. The molecule has 5 heteroatoms. The second kappa shape index (κ2) is 6.63. The molecule has 2 amide bonds. The van der Waals surface area contributed by atoms with Crippen LogP contribution in [0.2, 0.25) is 0 Å². The van der Waals surface area contributed by atoms with Crippen LogP contribution in [0, 0.1) is 0 Å². The van der Waals surface area contributed by atoms with E-state index in [1.807, 2.05) is 4.90 Å². The zero-order valence-electron chi connectivity index (χ0n) is 9.66. The maximum absolute atomic E-state index is 11.6. The maximum Gasteiger partial charge on any atom is 0.317 e. The SMILES string of the molecule is COCCCNC(=O)N1CCN(C)CC1. The number of nitrogens with zero attached hydrogens (tertiary/aromatic N) is 2. The highest BCUT2D eigenvalue weighted by Gasteiger charge is 2.17. The van der Waals surface area contributed by atoms with Gasteiger partial charge in [-0.05, 0) is 13.5 Å². The standard InChI is InChI=1S/C10H21N3O2/c1-12-5-7-13(8-6-12)10(14)11-4-3-9-15-2/h3-9H2,1-2H3,(H,11,14). The number of ether oxygens (including phenoxy) is 1. The number of urea groups is 1. The Labute approximate surface area is 91.4 Å². The van der Waals surface area contributed by atoms with E-state index in [1.165, 1.54) is 0 Å². The average molecular weight is 215 g/mol. The van der Waals surface area contributed by atoms with Gasteiger partial charge in [0.15, 0.2) is 0 Å². The Morgan fingerprint density at radius 3 is 2.60 bits per heavy atom. The molecule has 0 aromatic heterocycles. The van der Waals surface area contributed by atoms with Crippen LogP contribution in [-0.2, 0) is 4.74 Å². The average Bonchev–Trinajstić information content (AvgIpc) is 2.25. The van der Waals surface area contributed by atoms with Gasteiger partial charge in [0.2, 0.25) is 0 Å². The number of hydrogen-bond acceptors (Lipinski definition) is 3. The molecule has 0 atom stereocenters. The second-order valence-corrected chi connectivity index (χ2v) is 3.87. The lowest BCUT2D eigenvalue weighted by Crippen LogP contribution is -2.50. The normalized spacial score (nSPS) is 17.9. The molecule has 5 nitrogen and oxygen atoms in total. The van der Waals surface area contributed by atoms with Crippen molar-refractivity contribution in [2.75, 3.05) is 53.5 Å². The molecule has 1 fully saturated rings. The van der Waals surface area contributed by atoms with Crippen LogP contribution in [-0.4, -0.2) is 69.3 Å². The van der Waals surface area contributed by atoms with Gasteiger partial charge in [-0.3, -0.25) is 0 Å². The fourth-order valence-corrected chi connectivity index (χ4v) is 1.53. The lowest BCUT2D eigenvalue weighted by atomic mass is 10.3. The third kappa shape index (κ3) is 4.48. The number of hydrogen-bond donors (Lipinski definition) is 1. The molecule has 0 bridgehead atoms. The van der Waals surface area contributed by atoms with Crippen LogP contribution in [0.5, 0.6) is 0 Å². The quantitative estimate of drug-likeness (QED) is 0.670. The summed E-state index contributed by atoms with van der Waals surface area (Å²) in [6.07, 6.45) is 0.871. The highest BCUT2D eigenvalue weighted by molar-refractivity contribution is 5.74. The molecule has 0 aromatic carbocycles. The first-order chi connectivity index (χ1) is 7.24. The van der Waals surface area contributed by atoms with E-state index in [1.54, 1.807) is 7.11 Å². The minimum Gasteiger partial charge on any atom is -0.385 e. The van der Waals surface area contributed by atoms with Crippen molar-refractivity contribution in [1.29, 1.82) is 0 Å². The zero-order chi connectivity index (χ0) is 11.1. The molecule has 0 unspecified atom stereocenters. The molecule has 1 heterocycles. The minimum atomic E-state index is 0.0548. The van der Waals surface area contributed by atoms with Crippen LogP contribution in [0.4, 0.5) is 4.79 Å². The maximum atomic E-state index is 11.6. The molecule has 0 saturated carbocycles. The Balaban J connectivity index is 2.11. The van der Waals surface area contributed by atoms with E-state index in [-0.39, 0.29) is 6.03 Å². The van der Waals surface area contributed by atoms with Crippen LogP contribution >= 0.6 is 0 Å². The Morgan fingerprint density at radius 2 is 2.00 bits per heavy atom. The summed E-state index contributed by atoms with van der Waals surface area (Å²) in [6, 6.07) is 0.0548. The van der Waals surface area contributed by atoms with Gasteiger partial charge in [-0.2, -0.15) is 0 Å². The fourth-order valence-electron chi connectivity index (χ4n) is 1.53.